The molecular weight excluding hydrogens is 296 g/mol. The van der Waals surface area contributed by atoms with Crippen molar-refractivity contribution < 1.29 is 14.3 Å². The number of methoxy groups -OCH3 is 2. The Labute approximate surface area is 134 Å². The summed E-state index contributed by atoms with van der Waals surface area (Å²) in [5.74, 6) is 2.54. The van der Waals surface area contributed by atoms with Crippen molar-refractivity contribution in [2.24, 2.45) is 0 Å². The van der Waals surface area contributed by atoms with Crippen molar-refractivity contribution in [1.29, 1.82) is 0 Å². The summed E-state index contributed by atoms with van der Waals surface area (Å²) in [6, 6.07) is 5.20. The quantitative estimate of drug-likeness (QED) is 0.870. The smallest absolute Gasteiger partial charge is 0.330 e. The largest absolute Gasteiger partial charge is 0.497 e. The van der Waals surface area contributed by atoms with Crippen molar-refractivity contribution in [3.05, 3.63) is 35.8 Å². The van der Waals surface area contributed by atoms with E-state index in [-0.39, 0.29) is 6.03 Å². The maximum absolute atomic E-state index is 12.7. The number of benzene rings is 1. The predicted octanol–water partition coefficient (Wildman–Crippen LogP) is 2.38. The molecule has 0 unspecified atom stereocenters. The van der Waals surface area contributed by atoms with Crippen molar-refractivity contribution in [2.45, 2.75) is 13.5 Å². The van der Waals surface area contributed by atoms with Gasteiger partial charge in [0, 0.05) is 37.0 Å². The van der Waals surface area contributed by atoms with Crippen molar-refractivity contribution in [2.75, 3.05) is 31.1 Å². The second-order valence-corrected chi connectivity index (χ2v) is 5.26. The first kappa shape index (κ1) is 15.1. The first-order valence-electron chi connectivity index (χ1n) is 7.14. The number of hydrogen-bond acceptors (Lipinski definition) is 5. The zero-order chi connectivity index (χ0) is 16.6. The molecule has 2 amide bonds. The van der Waals surface area contributed by atoms with Crippen LogP contribution in [0.2, 0.25) is 0 Å². The minimum atomic E-state index is -0.161. The number of carbonyl (C=O) groups is 1. The van der Waals surface area contributed by atoms with E-state index in [2.05, 4.69) is 9.97 Å². The van der Waals surface area contributed by atoms with Gasteiger partial charge in [-0.1, -0.05) is 0 Å². The van der Waals surface area contributed by atoms with E-state index in [1.165, 1.54) is 4.90 Å². The lowest BCUT2D eigenvalue weighted by atomic mass is 10.2. The van der Waals surface area contributed by atoms with Crippen molar-refractivity contribution in [3.8, 4) is 11.5 Å². The third-order valence-electron chi connectivity index (χ3n) is 3.77. The predicted molar refractivity (Wildman–Crippen MR) is 86.3 cm³/mol. The fourth-order valence-electron chi connectivity index (χ4n) is 2.54. The van der Waals surface area contributed by atoms with Gasteiger partial charge in [-0.3, -0.25) is 9.80 Å². The average molecular weight is 314 g/mol. The highest BCUT2D eigenvalue weighted by atomic mass is 16.5. The fraction of sp³-hybridized carbons (Fsp3) is 0.312. The van der Waals surface area contributed by atoms with E-state index in [1.54, 1.807) is 57.5 Å². The molecule has 2 aromatic rings. The lowest BCUT2D eigenvalue weighted by Crippen LogP contribution is -2.46. The molecule has 120 valence electrons. The van der Waals surface area contributed by atoms with Crippen LogP contribution >= 0.6 is 0 Å². The molecule has 0 bridgehead atoms. The van der Waals surface area contributed by atoms with Crippen LogP contribution in [0.1, 0.15) is 11.4 Å². The number of ether oxygens (including phenoxy) is 2. The number of nitrogens with zero attached hydrogens (tertiary/aromatic N) is 4. The summed E-state index contributed by atoms with van der Waals surface area (Å²) in [5.41, 5.74) is 1.59. The van der Waals surface area contributed by atoms with E-state index < -0.39 is 0 Å². The first-order valence-corrected chi connectivity index (χ1v) is 7.14. The molecule has 0 atom stereocenters. The lowest BCUT2D eigenvalue weighted by molar-refractivity contribution is 0.251. The normalized spacial score (nSPS) is 13.8. The van der Waals surface area contributed by atoms with Crippen molar-refractivity contribution in [3.63, 3.8) is 0 Å². The fourth-order valence-corrected chi connectivity index (χ4v) is 2.54. The molecule has 0 N–H and O–H groups in total. The van der Waals surface area contributed by atoms with E-state index in [9.17, 15) is 4.79 Å². The second-order valence-electron chi connectivity index (χ2n) is 5.26. The van der Waals surface area contributed by atoms with E-state index in [0.29, 0.717) is 35.4 Å². The molecule has 7 nitrogen and oxygen atoms in total. The number of urea groups is 1. The molecule has 23 heavy (non-hydrogen) atoms. The Morgan fingerprint density at radius 2 is 1.78 bits per heavy atom. The Morgan fingerprint density at radius 1 is 1.13 bits per heavy atom. The minimum Gasteiger partial charge on any atom is -0.497 e. The molecule has 1 aromatic heterocycles. The number of amides is 2. The summed E-state index contributed by atoms with van der Waals surface area (Å²) in [5, 5.41) is 0. The molecule has 0 saturated carbocycles. The van der Waals surface area contributed by atoms with E-state index >= 15 is 0 Å². The molecule has 0 radical (unpaired) electrons. The van der Waals surface area contributed by atoms with Gasteiger partial charge in [-0.25, -0.2) is 14.8 Å². The summed E-state index contributed by atoms with van der Waals surface area (Å²) < 4.78 is 10.6. The van der Waals surface area contributed by atoms with Gasteiger partial charge in [0.15, 0.2) is 0 Å². The van der Waals surface area contributed by atoms with Crippen LogP contribution in [0.15, 0.2) is 24.4 Å². The number of aryl methyl sites for hydroxylation is 1. The maximum Gasteiger partial charge on any atom is 0.330 e. The van der Waals surface area contributed by atoms with Gasteiger partial charge < -0.3 is 9.47 Å². The van der Waals surface area contributed by atoms with Gasteiger partial charge in [0.05, 0.1) is 26.5 Å². The molecule has 7 heteroatoms. The highest BCUT2D eigenvalue weighted by molar-refractivity contribution is 6.05. The Kier molecular flexibility index (Phi) is 3.77. The second kappa shape index (κ2) is 5.75. The summed E-state index contributed by atoms with van der Waals surface area (Å²) >= 11 is 0. The van der Waals surface area contributed by atoms with Crippen LogP contribution in [0.4, 0.5) is 16.3 Å². The number of anilines is 2. The standard InChI is InChI=1S/C16H18N4O3/c1-10-17-8-11-9-20(16(21)19(2)15(11)18-10)12-5-13(22-3)7-14(6-12)23-4/h5-8H,9H2,1-4H3. The van der Waals surface area contributed by atoms with E-state index in [4.69, 9.17) is 9.47 Å². The SMILES string of the molecule is COc1cc(OC)cc(N2Cc3cnc(C)nc3N(C)C2=O)c1. The zero-order valence-corrected chi connectivity index (χ0v) is 13.5. The van der Waals surface area contributed by atoms with E-state index in [0.717, 1.165) is 5.56 Å². The van der Waals surface area contributed by atoms with Gasteiger partial charge in [0.1, 0.15) is 23.1 Å². The Balaban J connectivity index is 2.04. The number of hydrogen-bond donors (Lipinski definition) is 0. The molecule has 1 aliphatic rings. The Morgan fingerprint density at radius 3 is 2.39 bits per heavy atom. The molecule has 2 heterocycles. The van der Waals surface area contributed by atoms with Crippen LogP contribution in [0, 0.1) is 6.92 Å². The Bertz CT molecular complexity index is 741. The molecule has 3 rings (SSSR count). The minimum absolute atomic E-state index is 0.161. The maximum atomic E-state index is 12.7. The summed E-state index contributed by atoms with van der Waals surface area (Å²) in [4.78, 5) is 24.5. The zero-order valence-electron chi connectivity index (χ0n) is 13.5. The molecule has 1 aromatic carbocycles. The summed E-state index contributed by atoms with van der Waals surface area (Å²) in [6.07, 6.45) is 1.75. The van der Waals surface area contributed by atoms with E-state index in [1.807, 2.05) is 0 Å². The summed E-state index contributed by atoms with van der Waals surface area (Å²) in [7, 11) is 4.86. The van der Waals surface area contributed by atoms with Gasteiger partial charge in [0.25, 0.3) is 0 Å². The monoisotopic (exact) mass is 314 g/mol. The van der Waals surface area contributed by atoms with Crippen molar-refractivity contribution >= 4 is 17.5 Å². The van der Waals surface area contributed by atoms with Gasteiger partial charge in [-0.2, -0.15) is 0 Å². The van der Waals surface area contributed by atoms with Gasteiger partial charge in [-0.15, -0.1) is 0 Å². The van der Waals surface area contributed by atoms with Crippen LogP contribution < -0.4 is 19.3 Å². The molecule has 0 saturated heterocycles. The topological polar surface area (TPSA) is 67.8 Å². The van der Waals surface area contributed by atoms with Gasteiger partial charge in [-0.05, 0) is 6.92 Å². The molecule has 0 fully saturated rings. The van der Waals surface area contributed by atoms with Crippen LogP contribution in [0.5, 0.6) is 11.5 Å². The number of aromatic nitrogens is 2. The third kappa shape index (κ3) is 2.65. The molecular formula is C16H18N4O3. The molecule has 0 spiro atoms. The third-order valence-corrected chi connectivity index (χ3v) is 3.77. The average Bonchev–Trinajstić information content (AvgIpc) is 2.58. The highest BCUT2D eigenvalue weighted by Gasteiger charge is 2.30. The van der Waals surface area contributed by atoms with Crippen LogP contribution in [0.25, 0.3) is 0 Å². The first-order chi connectivity index (χ1) is 11.0. The Hall–Kier alpha value is -2.83. The lowest BCUT2D eigenvalue weighted by Gasteiger charge is -2.34. The van der Waals surface area contributed by atoms with Gasteiger partial charge in [0.2, 0.25) is 0 Å². The number of fused-ring (bicyclic) bond motifs is 1. The summed E-state index contributed by atoms with van der Waals surface area (Å²) in [6.45, 7) is 2.20. The van der Waals surface area contributed by atoms with Crippen molar-refractivity contribution in [1.82, 2.24) is 9.97 Å². The highest BCUT2D eigenvalue weighted by Crippen LogP contribution is 2.33. The van der Waals surface area contributed by atoms with Crippen LogP contribution in [0.3, 0.4) is 0 Å². The van der Waals surface area contributed by atoms with Crippen LogP contribution in [-0.2, 0) is 6.54 Å². The molecule has 1 aliphatic heterocycles. The number of rotatable bonds is 3. The number of carbonyl (C=O) groups excluding carboxylic acids is 1. The van der Waals surface area contributed by atoms with Crippen LogP contribution in [-0.4, -0.2) is 37.3 Å². The van der Waals surface area contributed by atoms with Gasteiger partial charge >= 0.3 is 6.03 Å². The molecule has 0 aliphatic carbocycles.